The highest BCUT2D eigenvalue weighted by Crippen LogP contribution is 2.34. The summed E-state index contributed by atoms with van der Waals surface area (Å²) in [6.45, 7) is 4.75. The van der Waals surface area contributed by atoms with Crippen LogP contribution in [0.5, 0.6) is 0 Å². The van der Waals surface area contributed by atoms with E-state index in [0.29, 0.717) is 0 Å². The van der Waals surface area contributed by atoms with E-state index in [1.54, 1.807) is 13.8 Å². The van der Waals surface area contributed by atoms with Gasteiger partial charge in [-0.3, -0.25) is 14.9 Å². The molecule has 2 aromatic rings. The summed E-state index contributed by atoms with van der Waals surface area (Å²) >= 11 is 0.795. The van der Waals surface area contributed by atoms with Gasteiger partial charge in [0.2, 0.25) is 5.91 Å². The van der Waals surface area contributed by atoms with Crippen LogP contribution in [0.2, 0.25) is 0 Å². The SMILES string of the molecule is CCOC(=O)NC(=O)c1c(NC(=O)CCCS(=O)(=O)c2ccc(F)cc2)sc(C(=O)OCC)c1C. The summed E-state index contributed by atoms with van der Waals surface area (Å²) in [5, 5.41) is 4.52. The van der Waals surface area contributed by atoms with Crippen LogP contribution in [0, 0.1) is 12.7 Å². The maximum atomic E-state index is 13.0. The maximum absolute atomic E-state index is 13.0. The van der Waals surface area contributed by atoms with Crippen LogP contribution in [0.1, 0.15) is 52.3 Å². The summed E-state index contributed by atoms with van der Waals surface area (Å²) in [5.41, 5.74) is 0.0859. The molecule has 2 N–H and O–H groups in total. The van der Waals surface area contributed by atoms with Crippen molar-refractivity contribution in [3.8, 4) is 0 Å². The molecule has 2 rings (SSSR count). The van der Waals surface area contributed by atoms with E-state index in [1.165, 1.54) is 6.92 Å². The van der Waals surface area contributed by atoms with E-state index in [-0.39, 0.29) is 57.7 Å². The van der Waals surface area contributed by atoms with Gasteiger partial charge in [0.05, 0.1) is 29.4 Å². The molecule has 0 atom stereocenters. The second-order valence-corrected chi connectivity index (χ2v) is 10.2. The number of sulfone groups is 1. The average molecular weight is 529 g/mol. The van der Waals surface area contributed by atoms with Crippen molar-refractivity contribution in [2.24, 2.45) is 0 Å². The first-order chi connectivity index (χ1) is 16.5. The molecule has 0 fully saturated rings. The molecule has 0 saturated carbocycles. The third kappa shape index (κ3) is 7.59. The summed E-state index contributed by atoms with van der Waals surface area (Å²) in [7, 11) is -3.73. The first kappa shape index (κ1) is 27.9. The van der Waals surface area contributed by atoms with E-state index < -0.39 is 39.5 Å². The number of amides is 3. The fourth-order valence-corrected chi connectivity index (χ4v) is 5.39. The zero-order chi connectivity index (χ0) is 26.2. The molecule has 1 aromatic carbocycles. The molecule has 0 spiro atoms. The molecular weight excluding hydrogens is 503 g/mol. The van der Waals surface area contributed by atoms with Gasteiger partial charge in [-0.2, -0.15) is 0 Å². The minimum absolute atomic E-state index is 0.00116. The van der Waals surface area contributed by atoms with Gasteiger partial charge in [0.25, 0.3) is 5.91 Å². The molecule has 1 aromatic heterocycles. The lowest BCUT2D eigenvalue weighted by Gasteiger charge is -2.08. The molecule has 35 heavy (non-hydrogen) atoms. The van der Waals surface area contributed by atoms with Crippen LogP contribution in [0.3, 0.4) is 0 Å². The number of hydrogen-bond acceptors (Lipinski definition) is 9. The zero-order valence-corrected chi connectivity index (χ0v) is 20.9. The predicted octanol–water partition coefficient (Wildman–Crippen LogP) is 3.45. The molecule has 1 heterocycles. The highest BCUT2D eigenvalue weighted by atomic mass is 32.2. The monoisotopic (exact) mass is 528 g/mol. The third-order valence-electron chi connectivity index (χ3n) is 4.57. The van der Waals surface area contributed by atoms with Crippen molar-refractivity contribution in [1.29, 1.82) is 0 Å². The number of carbonyl (C=O) groups excluding carboxylic acids is 4. The summed E-state index contributed by atoms with van der Waals surface area (Å²) in [6.07, 6.45) is -1.26. The van der Waals surface area contributed by atoms with Crippen molar-refractivity contribution in [2.45, 2.75) is 38.5 Å². The molecular formula is C22H25FN2O8S2. The Morgan fingerprint density at radius 3 is 2.26 bits per heavy atom. The number of benzene rings is 1. The van der Waals surface area contributed by atoms with Crippen molar-refractivity contribution in [3.05, 3.63) is 46.1 Å². The number of esters is 1. The molecule has 0 unspecified atom stereocenters. The molecule has 190 valence electrons. The van der Waals surface area contributed by atoms with Gasteiger partial charge in [-0.15, -0.1) is 11.3 Å². The number of alkyl carbamates (subject to hydrolysis) is 1. The summed E-state index contributed by atoms with van der Waals surface area (Å²) in [6, 6.07) is 4.35. The van der Waals surface area contributed by atoms with Crippen molar-refractivity contribution in [2.75, 3.05) is 24.3 Å². The molecule has 10 nitrogen and oxygen atoms in total. The zero-order valence-electron chi connectivity index (χ0n) is 19.3. The fourth-order valence-electron chi connectivity index (χ4n) is 2.96. The molecule has 0 aliphatic rings. The minimum atomic E-state index is -3.73. The fraction of sp³-hybridized carbons (Fsp3) is 0.364. The van der Waals surface area contributed by atoms with Gasteiger partial charge in [0.1, 0.15) is 15.7 Å². The Hall–Kier alpha value is -3.32. The number of imide groups is 1. The van der Waals surface area contributed by atoms with Crippen LogP contribution in [-0.2, 0) is 24.1 Å². The Balaban J connectivity index is 2.15. The summed E-state index contributed by atoms with van der Waals surface area (Å²) < 4.78 is 47.4. The van der Waals surface area contributed by atoms with Gasteiger partial charge in [0, 0.05) is 6.42 Å². The summed E-state index contributed by atoms with van der Waals surface area (Å²) in [5.74, 6) is -3.13. The number of anilines is 1. The Bertz CT molecular complexity index is 1210. The Labute approximate surface area is 205 Å². The second kappa shape index (κ2) is 12.4. The number of thiophene rings is 1. The quantitative estimate of drug-likeness (QED) is 0.352. The number of hydrogen-bond donors (Lipinski definition) is 2. The molecule has 0 bridgehead atoms. The van der Waals surface area contributed by atoms with Crippen molar-refractivity contribution < 1.29 is 41.5 Å². The number of halogens is 1. The molecule has 3 amide bonds. The van der Waals surface area contributed by atoms with Crippen LogP contribution in [-0.4, -0.2) is 51.3 Å². The lowest BCUT2D eigenvalue weighted by Crippen LogP contribution is -2.32. The Morgan fingerprint density at radius 2 is 1.66 bits per heavy atom. The molecule has 0 aliphatic heterocycles. The normalized spacial score (nSPS) is 11.0. The van der Waals surface area contributed by atoms with Crippen molar-refractivity contribution in [1.82, 2.24) is 5.32 Å². The standard InChI is InChI=1S/C22H25FN2O8S2/c1-4-32-21(28)18-13(3)17(19(27)25-22(29)33-5-2)20(34-18)24-16(26)7-6-12-35(30,31)15-10-8-14(23)9-11-15/h8-11H,4-7,12H2,1-3H3,(H,24,26)(H,25,27,29). The Morgan fingerprint density at radius 1 is 1.03 bits per heavy atom. The molecule has 0 radical (unpaired) electrons. The van der Waals surface area contributed by atoms with Crippen molar-refractivity contribution in [3.63, 3.8) is 0 Å². The van der Waals surface area contributed by atoms with Gasteiger partial charge in [-0.1, -0.05) is 0 Å². The summed E-state index contributed by atoms with van der Waals surface area (Å²) in [4.78, 5) is 49.1. The van der Waals surface area contributed by atoms with Gasteiger partial charge < -0.3 is 14.8 Å². The largest absolute Gasteiger partial charge is 0.462 e. The number of rotatable bonds is 10. The van der Waals surface area contributed by atoms with E-state index >= 15 is 0 Å². The minimum Gasteiger partial charge on any atom is -0.462 e. The van der Waals surface area contributed by atoms with Crippen LogP contribution >= 0.6 is 11.3 Å². The highest BCUT2D eigenvalue weighted by molar-refractivity contribution is 7.91. The lowest BCUT2D eigenvalue weighted by atomic mass is 10.1. The highest BCUT2D eigenvalue weighted by Gasteiger charge is 2.27. The smallest absolute Gasteiger partial charge is 0.414 e. The number of carbonyl (C=O) groups is 4. The van der Waals surface area contributed by atoms with Gasteiger partial charge in [-0.05, 0) is 57.0 Å². The third-order valence-corrected chi connectivity index (χ3v) is 7.57. The molecule has 0 aliphatic carbocycles. The average Bonchev–Trinajstić information content (AvgIpc) is 3.10. The van der Waals surface area contributed by atoms with Gasteiger partial charge >= 0.3 is 12.1 Å². The van der Waals surface area contributed by atoms with Crippen LogP contribution in [0.15, 0.2) is 29.2 Å². The second-order valence-electron chi connectivity index (χ2n) is 7.08. The number of nitrogens with one attached hydrogen (secondary N) is 2. The van der Waals surface area contributed by atoms with Gasteiger partial charge in [0.15, 0.2) is 9.84 Å². The first-order valence-corrected chi connectivity index (χ1v) is 13.0. The maximum Gasteiger partial charge on any atom is 0.414 e. The van der Waals surface area contributed by atoms with E-state index in [2.05, 4.69) is 5.32 Å². The van der Waals surface area contributed by atoms with E-state index in [0.717, 1.165) is 35.6 Å². The van der Waals surface area contributed by atoms with E-state index in [4.69, 9.17) is 9.47 Å². The van der Waals surface area contributed by atoms with Crippen LogP contribution < -0.4 is 10.6 Å². The number of ether oxygens (including phenoxy) is 2. The lowest BCUT2D eigenvalue weighted by molar-refractivity contribution is -0.116. The van der Waals surface area contributed by atoms with Crippen LogP contribution in [0.25, 0.3) is 0 Å². The van der Waals surface area contributed by atoms with Gasteiger partial charge in [-0.25, -0.2) is 22.4 Å². The van der Waals surface area contributed by atoms with E-state index in [9.17, 15) is 32.0 Å². The molecule has 0 saturated heterocycles. The van der Waals surface area contributed by atoms with E-state index in [1.807, 2.05) is 5.32 Å². The molecule has 13 heteroatoms. The van der Waals surface area contributed by atoms with Crippen LogP contribution in [0.4, 0.5) is 14.2 Å². The van der Waals surface area contributed by atoms with Crippen molar-refractivity contribution >= 4 is 50.1 Å². The predicted molar refractivity (Wildman–Crippen MR) is 126 cm³/mol. The topological polar surface area (TPSA) is 145 Å². The first-order valence-electron chi connectivity index (χ1n) is 10.6. The Kier molecular flexibility index (Phi) is 9.89.